The first-order chi connectivity index (χ1) is 11.5. The van der Waals surface area contributed by atoms with Gasteiger partial charge in [0.1, 0.15) is 29.8 Å². The summed E-state index contributed by atoms with van der Waals surface area (Å²) in [6, 6.07) is 0. The molecule has 9 nitrogen and oxygen atoms in total. The molecule has 0 amide bonds. The van der Waals surface area contributed by atoms with Crippen molar-refractivity contribution in [3.05, 3.63) is 24.3 Å². The topological polar surface area (TPSA) is 134 Å². The molecule has 5 N–H and O–H groups in total. The maximum atomic E-state index is 10.2. The number of aromatic nitrogens is 2. The van der Waals surface area contributed by atoms with E-state index in [1.807, 2.05) is 0 Å². The van der Waals surface area contributed by atoms with E-state index in [0.29, 0.717) is 15.7 Å². The van der Waals surface area contributed by atoms with Gasteiger partial charge >= 0.3 is 0 Å². The molecule has 0 unspecified atom stereocenters. The molecule has 1 aromatic heterocycles. The highest BCUT2D eigenvalue weighted by molar-refractivity contribution is 8.03. The molecule has 130 valence electrons. The number of hydrogen-bond acceptors (Lipinski definition) is 10. The number of thioether (sulfide) groups is 1. The van der Waals surface area contributed by atoms with Gasteiger partial charge < -0.3 is 30.5 Å². The summed E-state index contributed by atoms with van der Waals surface area (Å²) in [7, 11) is 0. The van der Waals surface area contributed by atoms with Gasteiger partial charge in [-0.3, -0.25) is 4.90 Å². The minimum atomic E-state index is -1.25. The largest absolute Gasteiger partial charge is 0.472 e. The van der Waals surface area contributed by atoms with E-state index in [0.717, 1.165) is 0 Å². The van der Waals surface area contributed by atoms with Crippen LogP contribution in [0.4, 0.5) is 11.8 Å². The number of rotatable bonds is 5. The third-order valence-corrected chi connectivity index (χ3v) is 4.65. The summed E-state index contributed by atoms with van der Waals surface area (Å²) in [5, 5.41) is 29.9. The number of fused-ring (bicyclic) bond motifs is 1. The lowest BCUT2D eigenvalue weighted by Gasteiger charge is -2.27. The summed E-state index contributed by atoms with van der Waals surface area (Å²) in [5.74, 6) is 0.629. The lowest BCUT2D eigenvalue weighted by atomic mass is 10.1. The summed E-state index contributed by atoms with van der Waals surface area (Å²) in [6.45, 7) is 7.33. The van der Waals surface area contributed by atoms with E-state index in [1.165, 1.54) is 16.7 Å². The Bertz CT molecular complexity index is 673. The smallest absolute Gasteiger partial charge is 0.235 e. The Hall–Kier alpha value is -1.85. The van der Waals surface area contributed by atoms with Crippen molar-refractivity contribution in [2.45, 2.75) is 29.4 Å². The molecule has 0 saturated carbocycles. The Balaban J connectivity index is 1.97. The first-order valence-electron chi connectivity index (χ1n) is 7.17. The molecule has 3 rings (SSSR count). The van der Waals surface area contributed by atoms with Crippen molar-refractivity contribution in [3.8, 4) is 5.88 Å². The van der Waals surface area contributed by atoms with Gasteiger partial charge in [0.15, 0.2) is 12.0 Å². The molecule has 3 heterocycles. The predicted molar refractivity (Wildman–Crippen MR) is 87.4 cm³/mol. The lowest BCUT2D eigenvalue weighted by molar-refractivity contribution is -0.0205. The second-order valence-electron chi connectivity index (χ2n) is 5.23. The number of hydrogen-bond donors (Lipinski definition) is 4. The van der Waals surface area contributed by atoms with Crippen LogP contribution in [0.3, 0.4) is 0 Å². The molecule has 0 spiro atoms. The number of aliphatic hydroxyl groups is 3. The Labute approximate surface area is 142 Å². The summed E-state index contributed by atoms with van der Waals surface area (Å²) in [5.41, 5.74) is 5.74. The summed E-state index contributed by atoms with van der Waals surface area (Å²) in [4.78, 5) is 10.3. The molecule has 10 heteroatoms. The number of aliphatic hydroxyl groups excluding tert-OH is 3. The van der Waals surface area contributed by atoms with Crippen LogP contribution in [0.5, 0.6) is 5.88 Å². The van der Waals surface area contributed by atoms with Crippen LogP contribution >= 0.6 is 11.8 Å². The zero-order valence-electron chi connectivity index (χ0n) is 12.7. The molecule has 0 bridgehead atoms. The quantitative estimate of drug-likeness (QED) is 0.510. The van der Waals surface area contributed by atoms with Gasteiger partial charge in [-0.25, -0.2) is 0 Å². The van der Waals surface area contributed by atoms with E-state index < -0.39 is 31.1 Å². The molecule has 0 radical (unpaired) electrons. The molecule has 24 heavy (non-hydrogen) atoms. The van der Waals surface area contributed by atoms with Gasteiger partial charge in [0.2, 0.25) is 11.8 Å². The van der Waals surface area contributed by atoms with Crippen molar-refractivity contribution in [1.82, 2.24) is 9.97 Å². The zero-order chi connectivity index (χ0) is 17.4. The van der Waals surface area contributed by atoms with E-state index in [2.05, 4.69) is 23.1 Å². The van der Waals surface area contributed by atoms with Gasteiger partial charge in [-0.05, 0) is 0 Å². The molecule has 2 aliphatic rings. The van der Waals surface area contributed by atoms with E-state index in [1.54, 1.807) is 6.08 Å². The standard InChI is InChI=1S/C14H18N4O5S/c1-3-4-22-12-10-11(16-14(15)17-12)18(6(2)24-10)13-9(21)8(20)7(5-19)23-13/h3,7-9,13,19-21H,1-2,4-5H2,(H2,15,16,17)/t7-,8-,9-,13-/m1/s1. The van der Waals surface area contributed by atoms with Crippen LogP contribution in [0.15, 0.2) is 29.2 Å². The maximum Gasteiger partial charge on any atom is 0.235 e. The predicted octanol–water partition coefficient (Wildman–Crippen LogP) is -0.554. The molecule has 1 aromatic rings. The molecule has 0 aromatic carbocycles. The average molecular weight is 354 g/mol. The second-order valence-corrected chi connectivity index (χ2v) is 6.32. The Morgan fingerprint density at radius 1 is 1.38 bits per heavy atom. The van der Waals surface area contributed by atoms with E-state index in [9.17, 15) is 15.3 Å². The Morgan fingerprint density at radius 2 is 2.12 bits per heavy atom. The number of nitrogen functional groups attached to an aromatic ring is 1. The van der Waals surface area contributed by atoms with Gasteiger partial charge in [-0.15, -0.1) is 0 Å². The van der Waals surface area contributed by atoms with Crippen LogP contribution < -0.4 is 15.4 Å². The van der Waals surface area contributed by atoms with Gasteiger partial charge in [0.25, 0.3) is 0 Å². The first-order valence-corrected chi connectivity index (χ1v) is 7.99. The molecular formula is C14H18N4O5S. The van der Waals surface area contributed by atoms with Crippen LogP contribution in [0.25, 0.3) is 0 Å². The average Bonchev–Trinajstić information content (AvgIpc) is 3.02. The van der Waals surface area contributed by atoms with E-state index in [4.69, 9.17) is 15.2 Å². The Kier molecular flexibility index (Phi) is 4.65. The summed E-state index contributed by atoms with van der Waals surface area (Å²) >= 11 is 1.24. The van der Waals surface area contributed by atoms with Gasteiger partial charge in [0.05, 0.1) is 11.6 Å². The molecular weight excluding hydrogens is 336 g/mol. The van der Waals surface area contributed by atoms with Crippen LogP contribution in [0, 0.1) is 0 Å². The highest BCUT2D eigenvalue weighted by Gasteiger charge is 2.49. The third-order valence-electron chi connectivity index (χ3n) is 3.66. The highest BCUT2D eigenvalue weighted by Crippen LogP contribution is 2.50. The summed E-state index contributed by atoms with van der Waals surface area (Å²) in [6.07, 6.45) is -2.76. The number of ether oxygens (including phenoxy) is 2. The zero-order valence-corrected chi connectivity index (χ0v) is 13.5. The third kappa shape index (κ3) is 2.72. The van der Waals surface area contributed by atoms with Gasteiger partial charge in [-0.1, -0.05) is 31.0 Å². The van der Waals surface area contributed by atoms with Crippen molar-refractivity contribution < 1.29 is 24.8 Å². The fourth-order valence-electron chi connectivity index (χ4n) is 2.56. The van der Waals surface area contributed by atoms with Crippen molar-refractivity contribution in [2.75, 3.05) is 23.8 Å². The van der Waals surface area contributed by atoms with Crippen LogP contribution in [-0.2, 0) is 4.74 Å². The molecule has 1 fully saturated rings. The molecule has 0 aliphatic carbocycles. The van der Waals surface area contributed by atoms with Crippen molar-refractivity contribution >= 4 is 23.5 Å². The SMILES string of the molecule is C=CCOc1nc(N)nc2c1SC(=C)N2[C@@H]1O[C@H](CO)[C@@H](O)[C@H]1O. The van der Waals surface area contributed by atoms with Gasteiger partial charge in [-0.2, -0.15) is 9.97 Å². The van der Waals surface area contributed by atoms with E-state index >= 15 is 0 Å². The van der Waals surface area contributed by atoms with Crippen molar-refractivity contribution in [1.29, 1.82) is 0 Å². The van der Waals surface area contributed by atoms with Crippen LogP contribution in [0.2, 0.25) is 0 Å². The minimum absolute atomic E-state index is 0.0140. The van der Waals surface area contributed by atoms with Crippen LogP contribution in [-0.4, -0.2) is 63.0 Å². The molecule has 1 saturated heterocycles. The van der Waals surface area contributed by atoms with Crippen molar-refractivity contribution in [3.63, 3.8) is 0 Å². The second kappa shape index (κ2) is 6.57. The number of nitrogens with zero attached hydrogens (tertiary/aromatic N) is 3. The normalized spacial score (nSPS) is 29.0. The minimum Gasteiger partial charge on any atom is -0.472 e. The first kappa shape index (κ1) is 17.0. The van der Waals surface area contributed by atoms with Crippen molar-refractivity contribution in [2.24, 2.45) is 0 Å². The number of anilines is 2. The molecule has 2 aliphatic heterocycles. The van der Waals surface area contributed by atoms with E-state index in [-0.39, 0.29) is 18.4 Å². The van der Waals surface area contributed by atoms with Gasteiger partial charge in [0, 0.05) is 0 Å². The Morgan fingerprint density at radius 3 is 2.75 bits per heavy atom. The fraction of sp³-hybridized carbons (Fsp3) is 0.429. The monoisotopic (exact) mass is 354 g/mol. The fourth-order valence-corrected chi connectivity index (χ4v) is 3.52. The molecule has 4 atom stereocenters. The maximum absolute atomic E-state index is 10.2. The number of nitrogens with two attached hydrogens (primary N) is 1. The highest BCUT2D eigenvalue weighted by atomic mass is 32.2. The lowest BCUT2D eigenvalue weighted by Crippen LogP contribution is -2.42. The summed E-state index contributed by atoms with van der Waals surface area (Å²) < 4.78 is 11.0. The van der Waals surface area contributed by atoms with Crippen LogP contribution in [0.1, 0.15) is 0 Å².